The zero-order valence-corrected chi connectivity index (χ0v) is 15.4. The Balaban J connectivity index is 1.40. The van der Waals surface area contributed by atoms with E-state index in [2.05, 4.69) is 19.9 Å². The lowest BCUT2D eigenvalue weighted by Gasteiger charge is -2.18. The van der Waals surface area contributed by atoms with Gasteiger partial charge in [0.05, 0.1) is 6.54 Å². The normalized spacial score (nSPS) is 19.5. The number of carbonyl (C=O) groups excluding carboxylic acids is 1. The fourth-order valence-electron chi connectivity index (χ4n) is 3.60. The van der Waals surface area contributed by atoms with Crippen molar-refractivity contribution in [2.24, 2.45) is 0 Å². The number of aromatic amines is 1. The number of nitrogens with one attached hydrogen (secondary N) is 1. The van der Waals surface area contributed by atoms with Crippen molar-refractivity contribution in [3.63, 3.8) is 0 Å². The SMILES string of the molecule is Cc1ccc(C(=O)N2CCC(Oc3cc(N4CCCC4)ncn3)C2)c(=O)[nH]1. The molecule has 4 rings (SSSR count). The number of amides is 1. The van der Waals surface area contributed by atoms with Crippen molar-refractivity contribution in [1.29, 1.82) is 0 Å². The van der Waals surface area contributed by atoms with E-state index in [1.807, 2.05) is 6.07 Å². The first-order chi connectivity index (χ1) is 13.1. The largest absolute Gasteiger partial charge is 0.472 e. The highest BCUT2D eigenvalue weighted by atomic mass is 16.5. The summed E-state index contributed by atoms with van der Waals surface area (Å²) < 4.78 is 5.98. The second-order valence-electron chi connectivity index (χ2n) is 7.07. The molecule has 1 amide bonds. The Kier molecular flexibility index (Phi) is 4.79. The van der Waals surface area contributed by atoms with Crippen LogP contribution in [0.2, 0.25) is 0 Å². The average Bonchev–Trinajstić information content (AvgIpc) is 3.34. The zero-order chi connectivity index (χ0) is 18.8. The number of aromatic nitrogens is 3. The minimum atomic E-state index is -0.351. The first-order valence-corrected chi connectivity index (χ1v) is 9.33. The summed E-state index contributed by atoms with van der Waals surface area (Å²) in [5.74, 6) is 1.15. The number of rotatable bonds is 4. The third kappa shape index (κ3) is 3.79. The molecule has 0 aromatic carbocycles. The van der Waals surface area contributed by atoms with Gasteiger partial charge in [-0.2, -0.15) is 0 Å². The van der Waals surface area contributed by atoms with Gasteiger partial charge in [-0.3, -0.25) is 9.59 Å². The van der Waals surface area contributed by atoms with Crippen molar-refractivity contribution >= 4 is 11.7 Å². The highest BCUT2D eigenvalue weighted by Gasteiger charge is 2.30. The second kappa shape index (κ2) is 7.38. The fraction of sp³-hybridized carbons (Fsp3) is 0.474. The molecule has 0 bridgehead atoms. The molecule has 0 saturated carbocycles. The molecular weight excluding hydrogens is 346 g/mol. The molecule has 2 aliphatic heterocycles. The number of hydrogen-bond acceptors (Lipinski definition) is 6. The Bertz CT molecular complexity index is 891. The molecule has 8 heteroatoms. The summed E-state index contributed by atoms with van der Waals surface area (Å²) >= 11 is 0. The number of ether oxygens (including phenoxy) is 1. The third-order valence-electron chi connectivity index (χ3n) is 5.06. The van der Waals surface area contributed by atoms with E-state index >= 15 is 0 Å². The molecule has 8 nitrogen and oxygen atoms in total. The van der Waals surface area contributed by atoms with E-state index in [0.717, 1.165) is 24.6 Å². The first kappa shape index (κ1) is 17.5. The van der Waals surface area contributed by atoms with Gasteiger partial charge in [0.25, 0.3) is 11.5 Å². The quantitative estimate of drug-likeness (QED) is 0.875. The summed E-state index contributed by atoms with van der Waals surface area (Å²) in [5.41, 5.74) is 0.548. The van der Waals surface area contributed by atoms with Gasteiger partial charge in [-0.05, 0) is 31.9 Å². The molecular formula is C19H23N5O3. The number of nitrogens with zero attached hydrogens (tertiary/aromatic N) is 4. The van der Waals surface area contributed by atoms with E-state index in [1.54, 1.807) is 24.0 Å². The molecule has 27 heavy (non-hydrogen) atoms. The number of H-pyrrole nitrogens is 1. The van der Waals surface area contributed by atoms with Gasteiger partial charge in [0.1, 0.15) is 23.8 Å². The van der Waals surface area contributed by atoms with Crippen LogP contribution in [0.1, 0.15) is 35.3 Å². The molecule has 0 spiro atoms. The third-order valence-corrected chi connectivity index (χ3v) is 5.06. The van der Waals surface area contributed by atoms with Crippen LogP contribution >= 0.6 is 0 Å². The number of pyridine rings is 1. The summed E-state index contributed by atoms with van der Waals surface area (Å²) in [6.07, 6.45) is 4.45. The van der Waals surface area contributed by atoms with Gasteiger partial charge in [0.2, 0.25) is 5.88 Å². The van der Waals surface area contributed by atoms with Gasteiger partial charge in [-0.15, -0.1) is 0 Å². The van der Waals surface area contributed by atoms with Gasteiger partial charge < -0.3 is 19.5 Å². The predicted molar refractivity (Wildman–Crippen MR) is 100 cm³/mol. The van der Waals surface area contributed by atoms with Crippen LogP contribution in [0.4, 0.5) is 5.82 Å². The van der Waals surface area contributed by atoms with Crippen LogP contribution in [-0.4, -0.2) is 58.0 Å². The monoisotopic (exact) mass is 369 g/mol. The van der Waals surface area contributed by atoms with Crippen LogP contribution in [0.5, 0.6) is 5.88 Å². The second-order valence-corrected chi connectivity index (χ2v) is 7.07. The van der Waals surface area contributed by atoms with Crippen LogP contribution in [0.15, 0.2) is 29.3 Å². The van der Waals surface area contributed by atoms with Crippen molar-refractivity contribution in [3.05, 3.63) is 46.1 Å². The van der Waals surface area contributed by atoms with Gasteiger partial charge in [0, 0.05) is 37.8 Å². The maximum absolute atomic E-state index is 12.6. The fourth-order valence-corrected chi connectivity index (χ4v) is 3.60. The maximum Gasteiger partial charge on any atom is 0.260 e. The molecule has 2 aromatic heterocycles. The van der Waals surface area contributed by atoms with Gasteiger partial charge in [0.15, 0.2) is 0 Å². The maximum atomic E-state index is 12.6. The molecule has 1 atom stereocenters. The van der Waals surface area contributed by atoms with E-state index in [0.29, 0.717) is 25.4 Å². The van der Waals surface area contributed by atoms with E-state index in [-0.39, 0.29) is 23.1 Å². The van der Waals surface area contributed by atoms with E-state index < -0.39 is 0 Å². The van der Waals surface area contributed by atoms with Crippen molar-refractivity contribution in [3.8, 4) is 5.88 Å². The van der Waals surface area contributed by atoms with Crippen molar-refractivity contribution in [2.75, 3.05) is 31.1 Å². The topological polar surface area (TPSA) is 91.4 Å². The summed E-state index contributed by atoms with van der Waals surface area (Å²) in [6, 6.07) is 5.18. The van der Waals surface area contributed by atoms with Crippen molar-refractivity contribution in [1.82, 2.24) is 19.9 Å². The number of likely N-dealkylation sites (tertiary alicyclic amines) is 1. The van der Waals surface area contributed by atoms with Crippen molar-refractivity contribution in [2.45, 2.75) is 32.3 Å². The summed E-state index contributed by atoms with van der Waals surface area (Å²) in [7, 11) is 0. The molecule has 2 saturated heterocycles. The summed E-state index contributed by atoms with van der Waals surface area (Å²) in [5, 5.41) is 0. The average molecular weight is 369 g/mol. The summed E-state index contributed by atoms with van der Waals surface area (Å²) in [4.78, 5) is 39.7. The summed E-state index contributed by atoms with van der Waals surface area (Å²) in [6.45, 7) is 4.80. The number of anilines is 1. The lowest BCUT2D eigenvalue weighted by atomic mass is 10.2. The van der Waals surface area contributed by atoms with Crippen LogP contribution in [0.3, 0.4) is 0 Å². The molecule has 2 aliphatic rings. The molecule has 4 heterocycles. The van der Waals surface area contributed by atoms with Crippen molar-refractivity contribution < 1.29 is 9.53 Å². The molecule has 1 unspecified atom stereocenters. The Labute approximate surface area is 157 Å². The molecule has 1 N–H and O–H groups in total. The van der Waals surface area contributed by atoms with Gasteiger partial charge >= 0.3 is 0 Å². The standard InChI is InChI=1S/C19H23N5O3/c1-13-4-5-15(18(25)22-13)19(26)24-9-6-14(11-24)27-17-10-16(20-12-21-17)23-7-2-3-8-23/h4-5,10,12,14H,2-3,6-9,11H2,1H3,(H,22,25). The van der Waals surface area contributed by atoms with Crippen LogP contribution in [-0.2, 0) is 0 Å². The number of carbonyl (C=O) groups is 1. The van der Waals surface area contributed by atoms with Crippen LogP contribution in [0.25, 0.3) is 0 Å². The van der Waals surface area contributed by atoms with Crippen LogP contribution in [0, 0.1) is 6.92 Å². The minimum absolute atomic E-state index is 0.139. The van der Waals surface area contributed by atoms with Crippen LogP contribution < -0.4 is 15.2 Å². The van der Waals surface area contributed by atoms with E-state index in [4.69, 9.17) is 4.74 Å². The Hall–Kier alpha value is -2.90. The molecule has 0 aliphatic carbocycles. The Morgan fingerprint density at radius 2 is 2.04 bits per heavy atom. The Morgan fingerprint density at radius 3 is 2.81 bits per heavy atom. The number of aryl methyl sites for hydroxylation is 1. The highest BCUT2D eigenvalue weighted by Crippen LogP contribution is 2.23. The minimum Gasteiger partial charge on any atom is -0.472 e. The lowest BCUT2D eigenvalue weighted by molar-refractivity contribution is 0.0769. The Morgan fingerprint density at radius 1 is 1.22 bits per heavy atom. The van der Waals surface area contributed by atoms with Gasteiger partial charge in [-0.1, -0.05) is 0 Å². The molecule has 2 fully saturated rings. The smallest absolute Gasteiger partial charge is 0.260 e. The van der Waals surface area contributed by atoms with Gasteiger partial charge in [-0.25, -0.2) is 9.97 Å². The zero-order valence-electron chi connectivity index (χ0n) is 15.4. The lowest BCUT2D eigenvalue weighted by Crippen LogP contribution is -2.34. The molecule has 142 valence electrons. The highest BCUT2D eigenvalue weighted by molar-refractivity contribution is 5.94. The first-order valence-electron chi connectivity index (χ1n) is 9.33. The molecule has 2 aromatic rings. The predicted octanol–water partition coefficient (Wildman–Crippen LogP) is 1.37. The number of hydrogen-bond donors (Lipinski definition) is 1. The van der Waals surface area contributed by atoms with E-state index in [9.17, 15) is 9.59 Å². The molecule has 0 radical (unpaired) electrons. The van der Waals surface area contributed by atoms with E-state index in [1.165, 1.54) is 19.2 Å².